The number of hydrogen-bond donors (Lipinski definition) is 1. The number of hydrogen-bond acceptors (Lipinski definition) is 4. The van der Waals surface area contributed by atoms with Crippen LogP contribution in [0.1, 0.15) is 24.2 Å². The van der Waals surface area contributed by atoms with Gasteiger partial charge in [0.25, 0.3) is 0 Å². The number of morpholine rings is 1. The van der Waals surface area contributed by atoms with Crippen LogP contribution in [0, 0.1) is 0 Å². The minimum Gasteiger partial charge on any atom is -0.493 e. The Morgan fingerprint density at radius 1 is 1.47 bits per heavy atom. The average molecular weight is 284 g/mol. The first-order valence-corrected chi connectivity index (χ1v) is 6.96. The highest BCUT2D eigenvalue weighted by molar-refractivity contribution is 6.32. The highest BCUT2D eigenvalue weighted by Crippen LogP contribution is 2.45. The summed E-state index contributed by atoms with van der Waals surface area (Å²) in [6, 6.07) is 1.94. The van der Waals surface area contributed by atoms with E-state index in [0.717, 1.165) is 47.2 Å². The van der Waals surface area contributed by atoms with Crippen molar-refractivity contribution in [3.05, 3.63) is 22.2 Å². The zero-order chi connectivity index (χ0) is 13.4. The molecule has 1 fully saturated rings. The molecule has 104 valence electrons. The third-order valence-electron chi connectivity index (χ3n) is 3.61. The predicted molar refractivity (Wildman–Crippen MR) is 73.4 cm³/mol. The van der Waals surface area contributed by atoms with Gasteiger partial charge in [-0.3, -0.25) is 0 Å². The van der Waals surface area contributed by atoms with Crippen LogP contribution in [0.4, 0.5) is 0 Å². The summed E-state index contributed by atoms with van der Waals surface area (Å²) in [5.41, 5.74) is 2.03. The summed E-state index contributed by atoms with van der Waals surface area (Å²) in [5, 5.41) is 4.08. The Labute approximate surface area is 118 Å². The molecule has 0 aromatic heterocycles. The number of rotatable bonds is 2. The molecule has 0 radical (unpaired) electrons. The number of nitrogens with one attached hydrogen (secondary N) is 1. The third-order valence-corrected chi connectivity index (χ3v) is 4.05. The lowest BCUT2D eigenvalue weighted by atomic mass is 10.0. The van der Waals surface area contributed by atoms with Gasteiger partial charge >= 0.3 is 0 Å². The van der Waals surface area contributed by atoms with Crippen LogP contribution >= 0.6 is 11.6 Å². The van der Waals surface area contributed by atoms with E-state index in [1.54, 1.807) is 7.11 Å². The normalized spacial score (nSPS) is 25.8. The molecule has 2 heterocycles. The summed E-state index contributed by atoms with van der Waals surface area (Å²) in [4.78, 5) is 0. The van der Waals surface area contributed by atoms with E-state index in [9.17, 15) is 0 Å². The van der Waals surface area contributed by atoms with Crippen LogP contribution in [0.5, 0.6) is 11.5 Å². The third kappa shape index (κ3) is 2.29. The zero-order valence-electron chi connectivity index (χ0n) is 11.2. The molecular formula is C14H18ClNO3. The fourth-order valence-electron chi connectivity index (χ4n) is 2.69. The van der Waals surface area contributed by atoms with Crippen LogP contribution in [0.3, 0.4) is 0 Å². The first kappa shape index (κ1) is 13.0. The van der Waals surface area contributed by atoms with Gasteiger partial charge in [-0.2, -0.15) is 0 Å². The lowest BCUT2D eigenvalue weighted by molar-refractivity contribution is 0.0276. The van der Waals surface area contributed by atoms with E-state index < -0.39 is 0 Å². The maximum atomic E-state index is 6.54. The number of fused-ring (bicyclic) bond motifs is 1. The average Bonchev–Trinajstić information content (AvgIpc) is 2.83. The highest BCUT2D eigenvalue weighted by Gasteiger charge is 2.30. The molecule has 4 nitrogen and oxygen atoms in total. The van der Waals surface area contributed by atoms with E-state index in [1.807, 2.05) is 13.0 Å². The maximum Gasteiger partial charge on any atom is 0.166 e. The van der Waals surface area contributed by atoms with Gasteiger partial charge < -0.3 is 19.5 Å². The first-order valence-electron chi connectivity index (χ1n) is 6.59. The second-order valence-electron chi connectivity index (χ2n) is 4.99. The molecule has 0 spiro atoms. The smallest absolute Gasteiger partial charge is 0.166 e. The number of ether oxygens (including phenoxy) is 3. The highest BCUT2D eigenvalue weighted by atomic mass is 35.5. The second kappa shape index (κ2) is 5.19. The van der Waals surface area contributed by atoms with Gasteiger partial charge in [-0.15, -0.1) is 0 Å². The molecule has 2 aliphatic heterocycles. The summed E-state index contributed by atoms with van der Waals surface area (Å²) in [6.07, 6.45) is 0.941. The van der Waals surface area contributed by atoms with Gasteiger partial charge in [0.05, 0.1) is 24.8 Å². The van der Waals surface area contributed by atoms with Crippen molar-refractivity contribution in [3.8, 4) is 11.5 Å². The summed E-state index contributed by atoms with van der Waals surface area (Å²) < 4.78 is 17.0. The number of methoxy groups -OCH3 is 1. The van der Waals surface area contributed by atoms with Gasteiger partial charge in [-0.25, -0.2) is 0 Å². The van der Waals surface area contributed by atoms with Gasteiger partial charge in [-0.05, 0) is 13.0 Å². The number of benzene rings is 1. The summed E-state index contributed by atoms with van der Waals surface area (Å²) in [5.74, 6) is 1.53. The maximum absolute atomic E-state index is 6.54. The van der Waals surface area contributed by atoms with E-state index in [1.165, 1.54) is 0 Å². The van der Waals surface area contributed by atoms with Gasteiger partial charge in [0.15, 0.2) is 11.5 Å². The first-order chi connectivity index (χ1) is 9.20. The minimum atomic E-state index is -0.0173. The van der Waals surface area contributed by atoms with Crippen LogP contribution in [0.2, 0.25) is 5.02 Å². The molecule has 19 heavy (non-hydrogen) atoms. The minimum absolute atomic E-state index is 0.0173. The van der Waals surface area contributed by atoms with E-state index in [-0.39, 0.29) is 12.2 Å². The van der Waals surface area contributed by atoms with Crippen LogP contribution in [0.25, 0.3) is 0 Å². The van der Waals surface area contributed by atoms with E-state index >= 15 is 0 Å². The van der Waals surface area contributed by atoms with Crippen LogP contribution < -0.4 is 14.8 Å². The molecule has 1 N–H and O–H groups in total. The van der Waals surface area contributed by atoms with Crippen molar-refractivity contribution >= 4 is 11.6 Å². The zero-order valence-corrected chi connectivity index (χ0v) is 11.9. The summed E-state index contributed by atoms with van der Waals surface area (Å²) >= 11 is 6.54. The lowest BCUT2D eigenvalue weighted by Crippen LogP contribution is -2.33. The van der Waals surface area contributed by atoms with Crippen molar-refractivity contribution in [2.75, 3.05) is 26.8 Å². The monoisotopic (exact) mass is 283 g/mol. The Bertz CT molecular complexity index is 486. The molecule has 0 saturated carbocycles. The number of halogens is 1. The van der Waals surface area contributed by atoms with Crippen LogP contribution in [-0.4, -0.2) is 32.9 Å². The Balaban J connectivity index is 2.03. The van der Waals surface area contributed by atoms with Gasteiger partial charge in [0.1, 0.15) is 6.10 Å². The molecule has 2 unspecified atom stereocenters. The Kier molecular flexibility index (Phi) is 3.56. The molecule has 0 bridgehead atoms. The molecule has 1 aromatic carbocycles. The second-order valence-corrected chi connectivity index (χ2v) is 5.36. The molecule has 0 aliphatic carbocycles. The largest absolute Gasteiger partial charge is 0.493 e. The van der Waals surface area contributed by atoms with Crippen molar-refractivity contribution < 1.29 is 14.2 Å². The Morgan fingerprint density at radius 2 is 2.32 bits per heavy atom. The van der Waals surface area contributed by atoms with Gasteiger partial charge in [0, 0.05) is 30.6 Å². The van der Waals surface area contributed by atoms with Crippen LogP contribution in [0.15, 0.2) is 6.07 Å². The fourth-order valence-corrected chi connectivity index (χ4v) is 3.02. The fraction of sp³-hybridized carbons (Fsp3) is 0.571. The molecule has 2 aliphatic rings. The van der Waals surface area contributed by atoms with Crippen molar-refractivity contribution in [3.63, 3.8) is 0 Å². The van der Waals surface area contributed by atoms with E-state index in [0.29, 0.717) is 6.61 Å². The van der Waals surface area contributed by atoms with Crippen molar-refractivity contribution in [2.24, 2.45) is 0 Å². The topological polar surface area (TPSA) is 39.7 Å². The molecule has 1 saturated heterocycles. The molecule has 2 atom stereocenters. The lowest BCUT2D eigenvalue weighted by Gasteiger charge is -2.25. The van der Waals surface area contributed by atoms with Gasteiger partial charge in [0.2, 0.25) is 0 Å². The van der Waals surface area contributed by atoms with Crippen molar-refractivity contribution in [1.29, 1.82) is 0 Å². The Hall–Kier alpha value is -0.970. The van der Waals surface area contributed by atoms with Crippen molar-refractivity contribution in [2.45, 2.75) is 25.6 Å². The van der Waals surface area contributed by atoms with Crippen molar-refractivity contribution in [1.82, 2.24) is 5.32 Å². The summed E-state index contributed by atoms with van der Waals surface area (Å²) in [6.45, 7) is 4.40. The predicted octanol–water partition coefficient (Wildman–Crippen LogP) is 2.33. The molecule has 3 rings (SSSR count). The summed E-state index contributed by atoms with van der Waals surface area (Å²) in [7, 11) is 1.65. The van der Waals surface area contributed by atoms with Gasteiger partial charge in [-0.1, -0.05) is 11.6 Å². The standard InChI is InChI=1S/C14H18ClNO3/c1-8-5-10-13(15)9(12-7-16-3-4-18-12)6-11(17-2)14(10)19-8/h6,8,12,16H,3-5,7H2,1-2H3. The molecular weight excluding hydrogens is 266 g/mol. The van der Waals surface area contributed by atoms with E-state index in [2.05, 4.69) is 5.32 Å². The van der Waals surface area contributed by atoms with E-state index in [4.69, 9.17) is 25.8 Å². The Morgan fingerprint density at radius 3 is 3.00 bits per heavy atom. The molecule has 1 aromatic rings. The molecule has 0 amide bonds. The quantitative estimate of drug-likeness (QED) is 0.904. The van der Waals surface area contributed by atoms with Crippen LogP contribution in [-0.2, 0) is 11.2 Å². The molecule has 5 heteroatoms. The SMILES string of the molecule is COc1cc(C2CNCCO2)c(Cl)c2c1OC(C)C2.